The molecule has 5 aliphatic rings. The number of carbonyl (C=O) groups is 4. The van der Waals surface area contributed by atoms with Gasteiger partial charge in [-0.2, -0.15) is 0 Å². The van der Waals surface area contributed by atoms with E-state index in [1.807, 2.05) is 6.07 Å². The lowest BCUT2D eigenvalue weighted by atomic mass is 9.99. The number of carbonyl (C=O) groups excluding carboxylic acids is 4. The van der Waals surface area contributed by atoms with Crippen LogP contribution in [0.5, 0.6) is 0 Å². The molecule has 0 saturated carbocycles. The van der Waals surface area contributed by atoms with Crippen molar-refractivity contribution in [2.75, 3.05) is 63.8 Å². The Hall–Kier alpha value is -2.82. The van der Waals surface area contributed by atoms with Crippen molar-refractivity contribution >= 4 is 29.3 Å². The molecule has 2 N–H and O–H groups in total. The second kappa shape index (κ2) is 9.57. The highest BCUT2D eigenvalue weighted by atomic mass is 16.2. The Bertz CT molecular complexity index is 1070. The van der Waals surface area contributed by atoms with Gasteiger partial charge in [-0.05, 0) is 43.4 Å². The largest absolute Gasteiger partial charge is 0.371 e. The van der Waals surface area contributed by atoms with Gasteiger partial charge < -0.3 is 15.1 Å². The first-order chi connectivity index (χ1) is 17.5. The molecule has 1 atom stereocenters. The highest BCUT2D eigenvalue weighted by Crippen LogP contribution is 2.32. The van der Waals surface area contributed by atoms with Crippen LogP contribution in [-0.4, -0.2) is 109 Å². The average Bonchev–Trinajstić information content (AvgIpc) is 3.11. The van der Waals surface area contributed by atoms with Crippen LogP contribution in [0.25, 0.3) is 0 Å². The molecule has 10 nitrogen and oxygen atoms in total. The number of fused-ring (bicyclic) bond motifs is 1. The van der Waals surface area contributed by atoms with Gasteiger partial charge in [-0.15, -0.1) is 0 Å². The quantitative estimate of drug-likeness (QED) is 0.547. The van der Waals surface area contributed by atoms with Gasteiger partial charge in [-0.3, -0.25) is 34.3 Å². The zero-order valence-electron chi connectivity index (χ0n) is 20.6. The summed E-state index contributed by atoms with van der Waals surface area (Å²) < 4.78 is 0. The number of piperidine rings is 2. The number of benzene rings is 1. The first-order valence-electron chi connectivity index (χ1n) is 13.3. The normalized spacial score (nSPS) is 26.8. The summed E-state index contributed by atoms with van der Waals surface area (Å²) >= 11 is 0. The molecule has 0 aromatic heterocycles. The second-order valence-corrected chi connectivity index (χ2v) is 10.8. The Labute approximate surface area is 210 Å². The molecule has 6 rings (SSSR count). The zero-order valence-corrected chi connectivity index (χ0v) is 20.6. The molecule has 0 radical (unpaired) electrons. The van der Waals surface area contributed by atoms with Crippen LogP contribution in [0.1, 0.15) is 46.4 Å². The number of hydrogen-bond acceptors (Lipinski definition) is 8. The van der Waals surface area contributed by atoms with E-state index in [9.17, 15) is 19.2 Å². The number of piperazine rings is 1. The van der Waals surface area contributed by atoms with Gasteiger partial charge in [-0.25, -0.2) is 0 Å². The summed E-state index contributed by atoms with van der Waals surface area (Å²) in [5.74, 6) is -1.03. The van der Waals surface area contributed by atoms with Crippen LogP contribution in [0.2, 0.25) is 0 Å². The SMILES string of the molecule is O=C1CCC(N2C(=O)c3ccc(N4CCC(N5CCN(CC6CNC6)CC5)CC4)cc3C2=O)C(=O)N1. The van der Waals surface area contributed by atoms with Crippen molar-refractivity contribution in [3.63, 3.8) is 0 Å². The van der Waals surface area contributed by atoms with Crippen molar-refractivity contribution in [1.29, 1.82) is 0 Å². The van der Waals surface area contributed by atoms with Gasteiger partial charge in [0.1, 0.15) is 6.04 Å². The average molecular weight is 495 g/mol. The fraction of sp³-hybridized carbons (Fsp3) is 0.615. The van der Waals surface area contributed by atoms with E-state index in [2.05, 4.69) is 25.3 Å². The standard InChI is InChI=1S/C26H34N6O4/c33-23-4-3-22(24(34)28-23)32-25(35)20-2-1-19(13-21(20)26(32)36)30-7-5-18(6-8-30)31-11-9-29(10-12-31)16-17-14-27-15-17/h1-2,13,17-18,22,27H,3-12,14-16H2,(H,28,33,34). The maximum absolute atomic E-state index is 13.2. The Morgan fingerprint density at radius 1 is 0.833 bits per heavy atom. The highest BCUT2D eigenvalue weighted by Gasteiger charge is 2.44. The smallest absolute Gasteiger partial charge is 0.262 e. The molecule has 4 saturated heterocycles. The molecule has 0 bridgehead atoms. The van der Waals surface area contributed by atoms with E-state index in [0.717, 1.165) is 81.7 Å². The molecular weight excluding hydrogens is 460 g/mol. The van der Waals surface area contributed by atoms with E-state index in [1.54, 1.807) is 12.1 Å². The molecule has 1 aromatic carbocycles. The fourth-order valence-electron chi connectivity index (χ4n) is 6.30. The minimum atomic E-state index is -0.930. The lowest BCUT2D eigenvalue weighted by Crippen LogP contribution is -2.56. The molecule has 36 heavy (non-hydrogen) atoms. The number of amides is 4. The summed E-state index contributed by atoms with van der Waals surface area (Å²) in [6.07, 6.45) is 2.46. The number of rotatable bonds is 5. The van der Waals surface area contributed by atoms with E-state index in [1.165, 1.54) is 6.54 Å². The van der Waals surface area contributed by atoms with Gasteiger partial charge >= 0.3 is 0 Å². The summed E-state index contributed by atoms with van der Waals surface area (Å²) in [5.41, 5.74) is 1.62. The molecule has 4 amide bonds. The lowest BCUT2D eigenvalue weighted by Gasteiger charge is -2.44. The summed E-state index contributed by atoms with van der Waals surface area (Å²) in [4.78, 5) is 58.5. The third kappa shape index (κ3) is 4.31. The molecular formula is C26H34N6O4. The Balaban J connectivity index is 1.06. The molecule has 10 heteroatoms. The van der Waals surface area contributed by atoms with Gasteiger partial charge in [0.05, 0.1) is 11.1 Å². The van der Waals surface area contributed by atoms with Gasteiger partial charge in [0, 0.05) is 77.1 Å². The van der Waals surface area contributed by atoms with Gasteiger partial charge in [0.2, 0.25) is 11.8 Å². The minimum absolute atomic E-state index is 0.122. The molecule has 0 aliphatic carbocycles. The number of nitrogens with one attached hydrogen (secondary N) is 2. The third-order valence-electron chi connectivity index (χ3n) is 8.56. The van der Waals surface area contributed by atoms with Crippen molar-refractivity contribution in [2.45, 2.75) is 37.8 Å². The molecule has 192 valence electrons. The van der Waals surface area contributed by atoms with Crippen molar-refractivity contribution in [2.24, 2.45) is 5.92 Å². The van der Waals surface area contributed by atoms with Gasteiger partial charge in [-0.1, -0.05) is 0 Å². The summed E-state index contributed by atoms with van der Waals surface area (Å²) in [6.45, 7) is 9.95. The minimum Gasteiger partial charge on any atom is -0.371 e. The number of anilines is 1. The molecule has 5 heterocycles. The summed E-state index contributed by atoms with van der Waals surface area (Å²) in [6, 6.07) is 5.08. The molecule has 1 aromatic rings. The highest BCUT2D eigenvalue weighted by molar-refractivity contribution is 6.23. The summed E-state index contributed by atoms with van der Waals surface area (Å²) in [5, 5.41) is 5.60. The van der Waals surface area contributed by atoms with E-state index in [4.69, 9.17) is 0 Å². The van der Waals surface area contributed by atoms with Crippen molar-refractivity contribution in [3.8, 4) is 0 Å². The molecule has 5 aliphatic heterocycles. The van der Waals surface area contributed by atoms with Crippen LogP contribution in [0.4, 0.5) is 5.69 Å². The van der Waals surface area contributed by atoms with Crippen molar-refractivity contribution in [1.82, 2.24) is 25.3 Å². The van der Waals surface area contributed by atoms with Crippen LogP contribution in [0, 0.1) is 5.92 Å². The number of imide groups is 2. The van der Waals surface area contributed by atoms with E-state index in [0.29, 0.717) is 17.2 Å². The van der Waals surface area contributed by atoms with Crippen LogP contribution in [-0.2, 0) is 9.59 Å². The zero-order chi connectivity index (χ0) is 24.8. The van der Waals surface area contributed by atoms with Crippen LogP contribution in [0.3, 0.4) is 0 Å². The summed E-state index contributed by atoms with van der Waals surface area (Å²) in [7, 11) is 0. The Morgan fingerprint density at radius 3 is 2.22 bits per heavy atom. The predicted molar refractivity (Wildman–Crippen MR) is 133 cm³/mol. The van der Waals surface area contributed by atoms with Gasteiger partial charge in [0.25, 0.3) is 11.8 Å². The maximum atomic E-state index is 13.2. The van der Waals surface area contributed by atoms with E-state index < -0.39 is 23.8 Å². The van der Waals surface area contributed by atoms with Crippen LogP contribution < -0.4 is 15.5 Å². The van der Waals surface area contributed by atoms with Gasteiger partial charge in [0.15, 0.2) is 0 Å². The first-order valence-corrected chi connectivity index (χ1v) is 13.3. The van der Waals surface area contributed by atoms with E-state index >= 15 is 0 Å². The second-order valence-electron chi connectivity index (χ2n) is 10.8. The van der Waals surface area contributed by atoms with Crippen molar-refractivity contribution in [3.05, 3.63) is 29.3 Å². The van der Waals surface area contributed by atoms with Crippen LogP contribution in [0.15, 0.2) is 18.2 Å². The van der Waals surface area contributed by atoms with Crippen molar-refractivity contribution < 1.29 is 19.2 Å². The molecule has 1 unspecified atom stereocenters. The lowest BCUT2D eigenvalue weighted by molar-refractivity contribution is -0.136. The molecule has 4 fully saturated rings. The molecule has 0 spiro atoms. The number of hydrogen-bond donors (Lipinski definition) is 2. The Morgan fingerprint density at radius 2 is 1.56 bits per heavy atom. The predicted octanol–water partition coefficient (Wildman–Crippen LogP) is -0.106. The monoisotopic (exact) mass is 494 g/mol. The van der Waals surface area contributed by atoms with Crippen LogP contribution >= 0.6 is 0 Å². The van der Waals surface area contributed by atoms with E-state index in [-0.39, 0.29) is 18.7 Å². The third-order valence-corrected chi connectivity index (χ3v) is 8.56. The first kappa shape index (κ1) is 23.6. The maximum Gasteiger partial charge on any atom is 0.262 e. The number of nitrogens with zero attached hydrogens (tertiary/aromatic N) is 4. The Kier molecular flexibility index (Phi) is 6.27. The fourth-order valence-corrected chi connectivity index (χ4v) is 6.30. The topological polar surface area (TPSA) is 105 Å².